The van der Waals surface area contributed by atoms with E-state index in [1.807, 2.05) is 0 Å². The van der Waals surface area contributed by atoms with Crippen molar-refractivity contribution in [1.29, 1.82) is 0 Å². The van der Waals surface area contributed by atoms with E-state index in [0.29, 0.717) is 0 Å². The first-order valence-electron chi connectivity index (χ1n) is 2.91. The summed E-state index contributed by atoms with van der Waals surface area (Å²) in [6, 6.07) is 0. The van der Waals surface area contributed by atoms with Crippen molar-refractivity contribution in [2.24, 2.45) is 16.4 Å². The van der Waals surface area contributed by atoms with Crippen molar-refractivity contribution in [3.63, 3.8) is 0 Å². The maximum Gasteiger partial charge on any atom is 0.352 e. The average molecular weight is 144 g/mol. The molecule has 10 heavy (non-hydrogen) atoms. The Kier molecular flexibility index (Phi) is 2.40. The minimum atomic E-state index is -1.06. The van der Waals surface area contributed by atoms with Crippen LogP contribution in [0.2, 0.25) is 0 Å². The van der Waals surface area contributed by atoms with Crippen LogP contribution in [0.4, 0.5) is 0 Å². The highest BCUT2D eigenvalue weighted by atomic mass is 16.4. The maximum absolute atomic E-state index is 10.4. The van der Waals surface area contributed by atoms with Gasteiger partial charge in [-0.1, -0.05) is 20.8 Å². The summed E-state index contributed by atoms with van der Waals surface area (Å²) >= 11 is 0. The zero-order valence-electron chi connectivity index (χ0n) is 6.38. The number of hydrogen-bond acceptors (Lipinski definition) is 3. The number of nitrogens with zero attached hydrogens (tertiary/aromatic N) is 1. The fourth-order valence-corrected chi connectivity index (χ4v) is 0.570. The lowest BCUT2D eigenvalue weighted by Gasteiger charge is -2.15. The van der Waals surface area contributed by atoms with E-state index in [2.05, 4.69) is 5.10 Å². The van der Waals surface area contributed by atoms with E-state index in [9.17, 15) is 4.79 Å². The molecule has 3 N–H and O–H groups in total. The molecule has 0 spiro atoms. The number of hydrazone groups is 1. The van der Waals surface area contributed by atoms with Crippen LogP contribution in [0.1, 0.15) is 20.8 Å². The number of carbonyl (C=O) groups is 1. The molecule has 0 aliphatic carbocycles. The molecule has 0 aromatic heterocycles. The van der Waals surface area contributed by atoms with Gasteiger partial charge in [0.2, 0.25) is 0 Å². The highest BCUT2D eigenvalue weighted by molar-refractivity contribution is 6.37. The Balaban J connectivity index is 4.56. The van der Waals surface area contributed by atoms with E-state index in [-0.39, 0.29) is 5.71 Å². The summed E-state index contributed by atoms with van der Waals surface area (Å²) in [5.41, 5.74) is -0.492. The number of rotatable bonds is 1. The second kappa shape index (κ2) is 2.68. The molecular weight excluding hydrogens is 132 g/mol. The number of nitrogens with two attached hydrogens (primary N) is 1. The number of carboxylic acid groups (broad SMARTS) is 1. The van der Waals surface area contributed by atoms with E-state index in [4.69, 9.17) is 10.9 Å². The molecule has 0 aliphatic rings. The lowest BCUT2D eigenvalue weighted by molar-refractivity contribution is -0.129. The van der Waals surface area contributed by atoms with Crippen LogP contribution in [0.3, 0.4) is 0 Å². The summed E-state index contributed by atoms with van der Waals surface area (Å²) in [5, 5.41) is 11.7. The molecule has 0 atom stereocenters. The minimum Gasteiger partial charge on any atom is -0.477 e. The first-order valence-corrected chi connectivity index (χ1v) is 2.91. The Bertz CT molecular complexity index is 167. The first-order chi connectivity index (χ1) is 4.39. The molecule has 0 bridgehead atoms. The third-order valence-corrected chi connectivity index (χ3v) is 1.04. The van der Waals surface area contributed by atoms with Gasteiger partial charge in [0.05, 0.1) is 0 Å². The summed E-state index contributed by atoms with van der Waals surface area (Å²) in [4.78, 5) is 10.4. The summed E-state index contributed by atoms with van der Waals surface area (Å²) < 4.78 is 0. The molecule has 0 heterocycles. The van der Waals surface area contributed by atoms with Gasteiger partial charge in [-0.15, -0.1) is 0 Å². The SMILES string of the molecule is CC(C)(C)/C(=N\N)C(=O)O. The van der Waals surface area contributed by atoms with E-state index in [0.717, 1.165) is 0 Å². The lowest BCUT2D eigenvalue weighted by Crippen LogP contribution is -2.29. The average Bonchev–Trinajstić information content (AvgIpc) is 1.60. The predicted octanol–water partition coefficient (Wildman–Crippen LogP) is 0.432. The van der Waals surface area contributed by atoms with Crippen LogP contribution in [0.15, 0.2) is 5.10 Å². The normalized spacial score (nSPS) is 13.3. The van der Waals surface area contributed by atoms with Gasteiger partial charge in [-0.25, -0.2) is 4.79 Å². The first kappa shape index (κ1) is 8.94. The molecule has 0 amide bonds. The highest BCUT2D eigenvalue weighted by Crippen LogP contribution is 2.15. The molecule has 0 fully saturated rings. The Morgan fingerprint density at radius 2 is 1.90 bits per heavy atom. The Hall–Kier alpha value is -1.06. The van der Waals surface area contributed by atoms with Crippen LogP contribution in [0.25, 0.3) is 0 Å². The van der Waals surface area contributed by atoms with Gasteiger partial charge >= 0.3 is 5.97 Å². The van der Waals surface area contributed by atoms with Crippen LogP contribution < -0.4 is 5.84 Å². The van der Waals surface area contributed by atoms with Crippen molar-refractivity contribution in [1.82, 2.24) is 0 Å². The molecule has 0 saturated carbocycles. The maximum atomic E-state index is 10.4. The third kappa shape index (κ3) is 2.05. The Labute approximate surface area is 59.7 Å². The van der Waals surface area contributed by atoms with Gasteiger partial charge in [0.15, 0.2) is 0 Å². The lowest BCUT2D eigenvalue weighted by atomic mass is 9.90. The second-order valence-electron chi connectivity index (χ2n) is 3.03. The molecular formula is C6H12N2O2. The van der Waals surface area contributed by atoms with Crippen molar-refractivity contribution < 1.29 is 9.90 Å². The van der Waals surface area contributed by atoms with Crippen molar-refractivity contribution in [3.8, 4) is 0 Å². The number of aliphatic carboxylic acids is 1. The molecule has 4 heteroatoms. The van der Waals surface area contributed by atoms with Gasteiger partial charge in [0.25, 0.3) is 0 Å². The smallest absolute Gasteiger partial charge is 0.352 e. The van der Waals surface area contributed by atoms with Crippen molar-refractivity contribution in [3.05, 3.63) is 0 Å². The molecule has 0 aliphatic heterocycles. The summed E-state index contributed by atoms with van der Waals surface area (Å²) in [6.07, 6.45) is 0. The minimum absolute atomic E-state index is 0.00694. The fraction of sp³-hybridized carbons (Fsp3) is 0.667. The van der Waals surface area contributed by atoms with Gasteiger partial charge in [0, 0.05) is 5.41 Å². The molecule has 4 nitrogen and oxygen atoms in total. The monoisotopic (exact) mass is 144 g/mol. The molecule has 0 rings (SSSR count). The molecule has 0 radical (unpaired) electrons. The zero-order valence-corrected chi connectivity index (χ0v) is 6.38. The Morgan fingerprint density at radius 1 is 1.50 bits per heavy atom. The predicted molar refractivity (Wildman–Crippen MR) is 38.7 cm³/mol. The fourth-order valence-electron chi connectivity index (χ4n) is 0.570. The summed E-state index contributed by atoms with van der Waals surface area (Å²) in [6.45, 7) is 5.23. The molecule has 0 aromatic rings. The van der Waals surface area contributed by atoms with Gasteiger partial charge in [0.1, 0.15) is 5.71 Å². The molecule has 0 saturated heterocycles. The van der Waals surface area contributed by atoms with E-state index in [1.165, 1.54) is 0 Å². The third-order valence-electron chi connectivity index (χ3n) is 1.04. The van der Waals surface area contributed by atoms with Gasteiger partial charge in [-0.3, -0.25) is 0 Å². The van der Waals surface area contributed by atoms with Gasteiger partial charge in [-0.05, 0) is 0 Å². The highest BCUT2D eigenvalue weighted by Gasteiger charge is 2.24. The van der Waals surface area contributed by atoms with E-state index < -0.39 is 11.4 Å². The van der Waals surface area contributed by atoms with E-state index >= 15 is 0 Å². The van der Waals surface area contributed by atoms with Crippen LogP contribution in [-0.2, 0) is 4.79 Å². The topological polar surface area (TPSA) is 75.7 Å². The van der Waals surface area contributed by atoms with Crippen LogP contribution >= 0.6 is 0 Å². The quantitative estimate of drug-likeness (QED) is 0.318. The second-order valence-corrected chi connectivity index (χ2v) is 3.03. The molecule has 58 valence electrons. The van der Waals surface area contributed by atoms with Crippen molar-refractivity contribution in [2.75, 3.05) is 0 Å². The standard InChI is InChI=1S/C6H12N2O2/c1-6(2,3)4(8-7)5(9)10/h7H2,1-3H3,(H,9,10)/b8-4-. The van der Waals surface area contributed by atoms with Crippen LogP contribution in [0, 0.1) is 5.41 Å². The van der Waals surface area contributed by atoms with Crippen molar-refractivity contribution >= 4 is 11.7 Å². The zero-order chi connectivity index (χ0) is 8.36. The Morgan fingerprint density at radius 3 is 1.90 bits per heavy atom. The number of carboxylic acids is 1. The summed E-state index contributed by atoms with van der Waals surface area (Å²) in [7, 11) is 0. The van der Waals surface area contributed by atoms with E-state index in [1.54, 1.807) is 20.8 Å². The van der Waals surface area contributed by atoms with Gasteiger partial charge < -0.3 is 10.9 Å². The molecule has 0 unspecified atom stereocenters. The van der Waals surface area contributed by atoms with Crippen LogP contribution in [0.5, 0.6) is 0 Å². The van der Waals surface area contributed by atoms with Crippen LogP contribution in [-0.4, -0.2) is 16.8 Å². The molecule has 0 aromatic carbocycles. The van der Waals surface area contributed by atoms with Crippen molar-refractivity contribution in [2.45, 2.75) is 20.8 Å². The largest absolute Gasteiger partial charge is 0.477 e. The van der Waals surface area contributed by atoms with Gasteiger partial charge in [-0.2, -0.15) is 5.10 Å². The summed E-state index contributed by atoms with van der Waals surface area (Å²) in [5.74, 6) is 3.81. The number of hydrogen-bond donors (Lipinski definition) is 2.